The number of carbonyl (C=O) groups excluding carboxylic acids is 2. The molecule has 0 aromatic rings. The number of hydrogen-bond acceptors (Lipinski definition) is 4. The van der Waals surface area contributed by atoms with Crippen LogP contribution in [0.15, 0.2) is 0 Å². The van der Waals surface area contributed by atoms with Gasteiger partial charge in [0.1, 0.15) is 6.10 Å². The van der Waals surface area contributed by atoms with E-state index in [1.807, 2.05) is 4.90 Å². The van der Waals surface area contributed by atoms with Crippen LogP contribution in [0.3, 0.4) is 0 Å². The van der Waals surface area contributed by atoms with Gasteiger partial charge in [0.15, 0.2) is 0 Å². The largest absolute Gasteiger partial charge is 0.469 e. The van der Waals surface area contributed by atoms with Crippen molar-refractivity contribution in [1.29, 1.82) is 0 Å². The molecule has 5 nitrogen and oxygen atoms in total. The normalized spacial score (nSPS) is 39.2. The Bertz CT molecular complexity index is 586. The van der Waals surface area contributed by atoms with Gasteiger partial charge in [0.2, 0.25) is 0 Å². The van der Waals surface area contributed by atoms with Crippen LogP contribution in [0.5, 0.6) is 0 Å². The van der Waals surface area contributed by atoms with Crippen molar-refractivity contribution in [2.75, 3.05) is 20.2 Å². The van der Waals surface area contributed by atoms with E-state index in [2.05, 4.69) is 0 Å². The average Bonchev–Trinajstić information content (AvgIpc) is 2.70. The highest BCUT2D eigenvalue weighted by Crippen LogP contribution is 2.55. The summed E-state index contributed by atoms with van der Waals surface area (Å²) in [6.45, 7) is 1.63. The second-order valence-electron chi connectivity index (χ2n) is 10.6. The zero-order chi connectivity index (χ0) is 19.3. The lowest BCUT2D eigenvalue weighted by atomic mass is 9.55. The van der Waals surface area contributed by atoms with Crippen LogP contribution in [-0.2, 0) is 14.3 Å². The van der Waals surface area contributed by atoms with E-state index in [1.54, 1.807) is 0 Å². The number of methoxy groups -OCH3 is 1. The standard InChI is InChI=1S/C23H35NO4/c1-27-21(25)17-2-4-23(5-3-17)6-8-24(9-7-23)22(26)28-20-18-11-15-10-16(13-18)14-19(20)12-15/h15-20H,2-14H2,1H3. The Labute approximate surface area is 168 Å². The Morgan fingerprint density at radius 3 is 1.96 bits per heavy atom. The van der Waals surface area contributed by atoms with Crippen LogP contribution in [0.1, 0.15) is 70.6 Å². The molecule has 6 aliphatic rings. The van der Waals surface area contributed by atoms with Crippen LogP contribution < -0.4 is 0 Å². The first kappa shape index (κ1) is 18.7. The number of amides is 1. The maximum atomic E-state index is 12.9. The van der Waals surface area contributed by atoms with E-state index < -0.39 is 0 Å². The van der Waals surface area contributed by atoms with Crippen molar-refractivity contribution in [1.82, 2.24) is 4.90 Å². The number of carbonyl (C=O) groups is 2. The molecule has 1 spiro atoms. The number of ether oxygens (including phenoxy) is 2. The van der Waals surface area contributed by atoms with Gasteiger partial charge in [0.25, 0.3) is 0 Å². The third kappa shape index (κ3) is 3.33. The smallest absolute Gasteiger partial charge is 0.410 e. The molecule has 0 unspecified atom stereocenters. The summed E-state index contributed by atoms with van der Waals surface area (Å²) in [7, 11) is 1.49. The van der Waals surface area contributed by atoms with Gasteiger partial charge in [0, 0.05) is 13.1 Å². The van der Waals surface area contributed by atoms with Gasteiger partial charge in [-0.05, 0) is 99.7 Å². The molecule has 1 amide bonds. The van der Waals surface area contributed by atoms with Gasteiger partial charge in [-0.1, -0.05) is 0 Å². The Hall–Kier alpha value is -1.26. The molecule has 0 atom stereocenters. The topological polar surface area (TPSA) is 55.8 Å². The summed E-state index contributed by atoms with van der Waals surface area (Å²) in [4.78, 5) is 26.6. The maximum absolute atomic E-state index is 12.9. The molecule has 0 aromatic heterocycles. The van der Waals surface area contributed by atoms with Crippen LogP contribution in [0.4, 0.5) is 4.79 Å². The van der Waals surface area contributed by atoms with Gasteiger partial charge in [-0.2, -0.15) is 0 Å². The summed E-state index contributed by atoms with van der Waals surface area (Å²) in [5, 5.41) is 0. The molecule has 5 saturated carbocycles. The number of esters is 1. The van der Waals surface area contributed by atoms with Gasteiger partial charge in [-0.15, -0.1) is 0 Å². The van der Waals surface area contributed by atoms with E-state index in [0.717, 1.165) is 63.5 Å². The fourth-order valence-corrected chi connectivity index (χ4v) is 7.55. The molecule has 5 aliphatic carbocycles. The Balaban J connectivity index is 1.12. The summed E-state index contributed by atoms with van der Waals surface area (Å²) in [6.07, 6.45) is 12.9. The van der Waals surface area contributed by atoms with E-state index in [-0.39, 0.29) is 24.1 Å². The van der Waals surface area contributed by atoms with Crippen molar-refractivity contribution in [3.05, 3.63) is 0 Å². The highest BCUT2D eigenvalue weighted by molar-refractivity contribution is 5.72. The van der Waals surface area contributed by atoms with Crippen molar-refractivity contribution in [2.24, 2.45) is 35.0 Å². The first-order valence-corrected chi connectivity index (χ1v) is 11.6. The van der Waals surface area contributed by atoms with Gasteiger partial charge in [-0.3, -0.25) is 4.79 Å². The molecule has 6 fully saturated rings. The third-order valence-electron chi connectivity index (χ3n) is 9.04. The molecule has 5 heteroatoms. The number of likely N-dealkylation sites (tertiary alicyclic amines) is 1. The highest BCUT2D eigenvalue weighted by Gasteiger charge is 2.50. The Morgan fingerprint density at radius 1 is 0.857 bits per heavy atom. The molecule has 0 radical (unpaired) electrons. The monoisotopic (exact) mass is 389 g/mol. The second-order valence-corrected chi connectivity index (χ2v) is 10.6. The number of hydrogen-bond donors (Lipinski definition) is 0. The molecule has 1 saturated heterocycles. The molecule has 4 bridgehead atoms. The van der Waals surface area contributed by atoms with E-state index in [4.69, 9.17) is 9.47 Å². The van der Waals surface area contributed by atoms with Crippen LogP contribution >= 0.6 is 0 Å². The van der Waals surface area contributed by atoms with Crippen LogP contribution in [0.2, 0.25) is 0 Å². The predicted molar refractivity (Wildman–Crippen MR) is 105 cm³/mol. The van der Waals surface area contributed by atoms with Crippen LogP contribution in [0.25, 0.3) is 0 Å². The molecule has 6 rings (SSSR count). The summed E-state index contributed by atoms with van der Waals surface area (Å²) in [5.74, 6) is 3.11. The number of piperidine rings is 1. The second kappa shape index (κ2) is 7.21. The summed E-state index contributed by atoms with van der Waals surface area (Å²) >= 11 is 0. The van der Waals surface area contributed by atoms with Crippen molar-refractivity contribution < 1.29 is 19.1 Å². The average molecular weight is 390 g/mol. The minimum Gasteiger partial charge on any atom is -0.469 e. The van der Waals surface area contributed by atoms with Gasteiger partial charge in [-0.25, -0.2) is 4.79 Å². The summed E-state index contributed by atoms with van der Waals surface area (Å²) < 4.78 is 11.0. The van der Waals surface area contributed by atoms with E-state index in [1.165, 1.54) is 39.2 Å². The van der Waals surface area contributed by atoms with Crippen molar-refractivity contribution in [3.8, 4) is 0 Å². The highest BCUT2D eigenvalue weighted by atomic mass is 16.6. The molecule has 0 aromatic carbocycles. The fraction of sp³-hybridized carbons (Fsp3) is 0.913. The molecule has 1 aliphatic heterocycles. The fourth-order valence-electron chi connectivity index (χ4n) is 7.55. The molecule has 156 valence electrons. The Kier molecular flexibility index (Phi) is 4.83. The lowest BCUT2D eigenvalue weighted by molar-refractivity contribution is -0.147. The Morgan fingerprint density at radius 2 is 1.43 bits per heavy atom. The minimum absolute atomic E-state index is 0.0495. The lowest BCUT2D eigenvalue weighted by Crippen LogP contribution is -2.52. The van der Waals surface area contributed by atoms with Crippen molar-refractivity contribution in [3.63, 3.8) is 0 Å². The van der Waals surface area contributed by atoms with E-state index >= 15 is 0 Å². The SMILES string of the molecule is COC(=O)C1CCC2(CC1)CCN(C(=O)OC1C3CC4CC(C3)CC1C4)CC2. The first-order chi connectivity index (χ1) is 13.5. The zero-order valence-electron chi connectivity index (χ0n) is 17.2. The van der Waals surface area contributed by atoms with E-state index in [9.17, 15) is 9.59 Å². The third-order valence-corrected chi connectivity index (χ3v) is 9.04. The quantitative estimate of drug-likeness (QED) is 0.657. The van der Waals surface area contributed by atoms with Gasteiger partial charge in [0.05, 0.1) is 13.0 Å². The predicted octanol–water partition coefficient (Wildman–Crippen LogP) is 4.39. The molecule has 0 N–H and O–H groups in total. The summed E-state index contributed by atoms with van der Waals surface area (Å²) in [5.41, 5.74) is 0.323. The molecular weight excluding hydrogens is 354 g/mol. The van der Waals surface area contributed by atoms with Gasteiger partial charge >= 0.3 is 12.1 Å². The number of rotatable bonds is 2. The molecule has 1 heterocycles. The molecule has 28 heavy (non-hydrogen) atoms. The minimum atomic E-state index is -0.0597. The lowest BCUT2D eigenvalue weighted by Gasteiger charge is -2.53. The van der Waals surface area contributed by atoms with E-state index in [0.29, 0.717) is 17.3 Å². The number of nitrogens with zero attached hydrogens (tertiary/aromatic N) is 1. The van der Waals surface area contributed by atoms with Crippen LogP contribution in [-0.4, -0.2) is 43.3 Å². The molecular formula is C23H35NO4. The van der Waals surface area contributed by atoms with Crippen molar-refractivity contribution in [2.45, 2.75) is 76.7 Å². The van der Waals surface area contributed by atoms with Crippen molar-refractivity contribution >= 4 is 12.1 Å². The van der Waals surface area contributed by atoms with Gasteiger partial charge < -0.3 is 14.4 Å². The first-order valence-electron chi connectivity index (χ1n) is 11.6. The maximum Gasteiger partial charge on any atom is 0.410 e. The summed E-state index contributed by atoms with van der Waals surface area (Å²) in [6, 6.07) is 0. The zero-order valence-corrected chi connectivity index (χ0v) is 17.2. The van der Waals surface area contributed by atoms with Crippen LogP contribution in [0, 0.1) is 35.0 Å².